The first-order chi connectivity index (χ1) is 14.9. The Kier molecular flexibility index (Phi) is 5.68. The molecule has 0 aliphatic carbocycles. The van der Waals surface area contributed by atoms with Crippen molar-refractivity contribution in [3.8, 4) is 22.5 Å². The molecular weight excluding hydrogens is 433 g/mol. The average molecular weight is 445 g/mol. The number of aromatic nitrogens is 3. The Morgan fingerprint density at radius 2 is 1.84 bits per heavy atom. The molecule has 0 aliphatic rings. The lowest BCUT2D eigenvalue weighted by molar-refractivity contribution is -0.115. The van der Waals surface area contributed by atoms with Crippen LogP contribution >= 0.6 is 11.6 Å². The number of carbonyl (C=O) groups is 1. The van der Waals surface area contributed by atoms with E-state index in [2.05, 4.69) is 20.4 Å². The summed E-state index contributed by atoms with van der Waals surface area (Å²) >= 11 is 5.97. The van der Waals surface area contributed by atoms with E-state index in [0.717, 1.165) is 12.1 Å². The summed E-state index contributed by atoms with van der Waals surface area (Å²) in [5.41, 5.74) is 0.858. The van der Waals surface area contributed by atoms with Crippen LogP contribution < -0.4 is 5.32 Å². The summed E-state index contributed by atoms with van der Waals surface area (Å²) < 4.78 is 46.2. The molecule has 156 valence electrons. The molecular formula is C21H12ClF3N4O2. The Morgan fingerprint density at radius 3 is 2.55 bits per heavy atom. The van der Waals surface area contributed by atoms with Gasteiger partial charge in [0, 0.05) is 22.8 Å². The van der Waals surface area contributed by atoms with Crippen LogP contribution in [0.25, 0.3) is 22.5 Å². The van der Waals surface area contributed by atoms with Crippen LogP contribution in [-0.2, 0) is 11.2 Å². The molecule has 4 aromatic rings. The Labute approximate surface area is 178 Å². The molecule has 0 spiro atoms. The Hall–Kier alpha value is -3.72. The molecule has 0 radical (unpaired) electrons. The highest BCUT2D eigenvalue weighted by Crippen LogP contribution is 2.37. The average Bonchev–Trinajstić information content (AvgIpc) is 3.14. The number of hydrogen-bond donors (Lipinski definition) is 1. The standard InChI is InChI=1S/C21H12ClF3N4O2/c22-15-8-12(23)2-1-11(15)7-18(30)28-21-19(17-5-6-26-10-27-17)20(29-31-21)14-4-3-13(24)9-16(14)25/h1-6,8-10H,7H2,(H,28,30). The quantitative estimate of drug-likeness (QED) is 0.466. The number of amides is 1. The number of anilines is 1. The van der Waals surface area contributed by atoms with Gasteiger partial charge in [0.05, 0.1) is 17.7 Å². The first-order valence-corrected chi connectivity index (χ1v) is 9.25. The smallest absolute Gasteiger partial charge is 0.241 e. The van der Waals surface area contributed by atoms with E-state index in [4.69, 9.17) is 16.1 Å². The molecule has 1 amide bonds. The van der Waals surface area contributed by atoms with Gasteiger partial charge >= 0.3 is 0 Å². The Morgan fingerprint density at radius 1 is 1.06 bits per heavy atom. The molecule has 0 fully saturated rings. The van der Waals surface area contributed by atoms with Gasteiger partial charge < -0.3 is 4.52 Å². The molecule has 6 nitrogen and oxygen atoms in total. The van der Waals surface area contributed by atoms with Crippen LogP contribution in [0.15, 0.2) is 59.5 Å². The fourth-order valence-electron chi connectivity index (χ4n) is 2.93. The van der Waals surface area contributed by atoms with Crippen molar-refractivity contribution in [2.45, 2.75) is 6.42 Å². The number of halogens is 4. The maximum Gasteiger partial charge on any atom is 0.241 e. The third kappa shape index (κ3) is 4.41. The van der Waals surface area contributed by atoms with Gasteiger partial charge in [-0.15, -0.1) is 0 Å². The number of carbonyl (C=O) groups excluding carboxylic acids is 1. The second kappa shape index (κ2) is 8.57. The highest BCUT2D eigenvalue weighted by atomic mass is 35.5. The van der Waals surface area contributed by atoms with Crippen molar-refractivity contribution in [1.29, 1.82) is 0 Å². The number of nitrogens with zero attached hydrogens (tertiary/aromatic N) is 3. The zero-order valence-electron chi connectivity index (χ0n) is 15.6. The summed E-state index contributed by atoms with van der Waals surface area (Å²) in [6.45, 7) is 0. The fraction of sp³-hybridized carbons (Fsp3) is 0.0476. The van der Waals surface area contributed by atoms with Crippen LogP contribution in [0.5, 0.6) is 0 Å². The van der Waals surface area contributed by atoms with E-state index in [1.807, 2.05) is 0 Å². The SMILES string of the molecule is O=C(Cc1ccc(F)cc1Cl)Nc1onc(-c2ccc(F)cc2F)c1-c1ccncn1. The van der Waals surface area contributed by atoms with Crippen molar-refractivity contribution in [3.63, 3.8) is 0 Å². The zero-order chi connectivity index (χ0) is 22.0. The fourth-order valence-corrected chi connectivity index (χ4v) is 3.16. The Balaban J connectivity index is 1.71. The molecule has 1 N–H and O–H groups in total. The summed E-state index contributed by atoms with van der Waals surface area (Å²) in [6, 6.07) is 8.18. The lowest BCUT2D eigenvalue weighted by Gasteiger charge is -2.07. The van der Waals surface area contributed by atoms with E-state index < -0.39 is 23.4 Å². The van der Waals surface area contributed by atoms with Crippen LogP contribution in [-0.4, -0.2) is 21.0 Å². The third-order valence-corrected chi connectivity index (χ3v) is 4.69. The minimum Gasteiger partial charge on any atom is -0.337 e. The van der Waals surface area contributed by atoms with Crippen LogP contribution in [0.2, 0.25) is 5.02 Å². The van der Waals surface area contributed by atoms with Gasteiger partial charge in [0.2, 0.25) is 11.8 Å². The van der Waals surface area contributed by atoms with Gasteiger partial charge in [0.15, 0.2) is 0 Å². The van der Waals surface area contributed by atoms with Crippen molar-refractivity contribution < 1.29 is 22.5 Å². The molecule has 10 heteroatoms. The van der Waals surface area contributed by atoms with Crippen LogP contribution in [0.4, 0.5) is 19.1 Å². The van der Waals surface area contributed by atoms with Gasteiger partial charge in [0.25, 0.3) is 0 Å². The maximum atomic E-state index is 14.4. The van der Waals surface area contributed by atoms with Crippen LogP contribution in [0.1, 0.15) is 5.56 Å². The number of rotatable bonds is 5. The predicted molar refractivity (Wildman–Crippen MR) is 107 cm³/mol. The molecule has 0 unspecified atom stereocenters. The van der Waals surface area contributed by atoms with Crippen LogP contribution in [0.3, 0.4) is 0 Å². The van der Waals surface area contributed by atoms with E-state index in [0.29, 0.717) is 17.3 Å². The maximum absolute atomic E-state index is 14.4. The molecule has 31 heavy (non-hydrogen) atoms. The first-order valence-electron chi connectivity index (χ1n) is 8.87. The van der Waals surface area contributed by atoms with Gasteiger partial charge in [0.1, 0.15) is 29.5 Å². The molecule has 0 saturated carbocycles. The number of nitrogens with one attached hydrogen (secondary N) is 1. The van der Waals surface area contributed by atoms with E-state index in [1.54, 1.807) is 0 Å². The summed E-state index contributed by atoms with van der Waals surface area (Å²) in [4.78, 5) is 20.5. The topological polar surface area (TPSA) is 80.9 Å². The molecule has 0 bridgehead atoms. The van der Waals surface area contributed by atoms with Gasteiger partial charge in [-0.05, 0) is 35.9 Å². The second-order valence-electron chi connectivity index (χ2n) is 6.41. The largest absolute Gasteiger partial charge is 0.337 e. The van der Waals surface area contributed by atoms with Crippen molar-refractivity contribution in [2.24, 2.45) is 0 Å². The zero-order valence-corrected chi connectivity index (χ0v) is 16.3. The minimum absolute atomic E-state index is 0.0197. The highest BCUT2D eigenvalue weighted by molar-refractivity contribution is 6.31. The van der Waals surface area contributed by atoms with Crippen molar-refractivity contribution in [1.82, 2.24) is 15.1 Å². The van der Waals surface area contributed by atoms with Gasteiger partial charge in [-0.1, -0.05) is 22.8 Å². The summed E-state index contributed by atoms with van der Waals surface area (Å²) in [5, 5.41) is 6.49. The third-order valence-electron chi connectivity index (χ3n) is 4.34. The van der Waals surface area contributed by atoms with E-state index in [9.17, 15) is 18.0 Å². The normalized spacial score (nSPS) is 10.8. The van der Waals surface area contributed by atoms with Crippen molar-refractivity contribution in [2.75, 3.05) is 5.32 Å². The van der Waals surface area contributed by atoms with Gasteiger partial charge in [-0.3, -0.25) is 10.1 Å². The van der Waals surface area contributed by atoms with Crippen LogP contribution in [0, 0.1) is 17.5 Å². The molecule has 2 aromatic carbocycles. The molecule has 0 saturated heterocycles. The Bertz CT molecular complexity index is 1260. The van der Waals surface area contributed by atoms with Crippen molar-refractivity contribution >= 4 is 23.4 Å². The lowest BCUT2D eigenvalue weighted by Crippen LogP contribution is -2.15. The van der Waals surface area contributed by atoms with Gasteiger partial charge in [-0.2, -0.15) is 0 Å². The highest BCUT2D eigenvalue weighted by Gasteiger charge is 2.24. The minimum atomic E-state index is -0.862. The number of hydrogen-bond acceptors (Lipinski definition) is 5. The first kappa shape index (κ1) is 20.5. The number of benzene rings is 2. The second-order valence-corrected chi connectivity index (χ2v) is 6.82. The predicted octanol–water partition coefficient (Wildman–Crippen LogP) is 5.05. The molecule has 2 heterocycles. The van der Waals surface area contributed by atoms with Gasteiger partial charge in [-0.25, -0.2) is 23.1 Å². The monoisotopic (exact) mass is 444 g/mol. The van der Waals surface area contributed by atoms with E-state index in [1.165, 1.54) is 36.8 Å². The molecule has 2 aromatic heterocycles. The van der Waals surface area contributed by atoms with E-state index >= 15 is 0 Å². The van der Waals surface area contributed by atoms with Crippen molar-refractivity contribution in [3.05, 3.63) is 83.0 Å². The summed E-state index contributed by atoms with van der Waals surface area (Å²) in [5.74, 6) is -2.77. The molecule has 0 aliphatic heterocycles. The van der Waals surface area contributed by atoms with E-state index in [-0.39, 0.29) is 34.1 Å². The molecule has 0 atom stereocenters. The summed E-state index contributed by atoms with van der Waals surface area (Å²) in [6.07, 6.45) is 2.53. The molecule has 4 rings (SSSR count). The lowest BCUT2D eigenvalue weighted by atomic mass is 10.0. The summed E-state index contributed by atoms with van der Waals surface area (Å²) in [7, 11) is 0.